The van der Waals surface area contributed by atoms with Crippen LogP contribution >= 0.6 is 27.5 Å². The van der Waals surface area contributed by atoms with Gasteiger partial charge in [-0.3, -0.25) is 0 Å². The van der Waals surface area contributed by atoms with E-state index in [0.29, 0.717) is 4.47 Å². The molecule has 0 radical (unpaired) electrons. The summed E-state index contributed by atoms with van der Waals surface area (Å²) in [5.41, 5.74) is -0.000630. The molecule has 19 heavy (non-hydrogen) atoms. The molecule has 0 spiro atoms. The molecule has 0 aliphatic rings. The first kappa shape index (κ1) is 13.8. The van der Waals surface area contributed by atoms with E-state index >= 15 is 0 Å². The molecular formula is C12H7BrClFN2O2. The number of carbonyl (C=O) groups is 1. The molecule has 0 bridgehead atoms. The van der Waals surface area contributed by atoms with Crippen molar-refractivity contribution in [2.75, 3.05) is 5.32 Å². The monoisotopic (exact) mass is 344 g/mol. The number of benzene rings is 1. The Hall–Kier alpha value is -1.66. The predicted octanol–water partition coefficient (Wildman–Crippen LogP) is 4.08. The molecule has 1 heterocycles. The van der Waals surface area contributed by atoms with Crippen molar-refractivity contribution >= 4 is 45.0 Å². The summed E-state index contributed by atoms with van der Waals surface area (Å²) in [4.78, 5) is 14.9. The van der Waals surface area contributed by atoms with Gasteiger partial charge in [0.05, 0.1) is 5.69 Å². The van der Waals surface area contributed by atoms with E-state index in [1.54, 1.807) is 6.07 Å². The third-order valence-corrected chi connectivity index (χ3v) is 3.17. The number of pyridine rings is 1. The fraction of sp³-hybridized carbons (Fsp3) is 0. The summed E-state index contributed by atoms with van der Waals surface area (Å²) in [6.45, 7) is 0. The van der Waals surface area contributed by atoms with E-state index in [1.807, 2.05) is 0 Å². The average Bonchev–Trinajstić information content (AvgIpc) is 2.33. The molecule has 0 saturated carbocycles. The Morgan fingerprint density at radius 1 is 1.37 bits per heavy atom. The van der Waals surface area contributed by atoms with Crippen LogP contribution in [-0.4, -0.2) is 16.1 Å². The van der Waals surface area contributed by atoms with Crippen LogP contribution in [0.25, 0.3) is 0 Å². The number of rotatable bonds is 3. The number of aromatic carboxylic acids is 1. The van der Waals surface area contributed by atoms with E-state index in [0.717, 1.165) is 0 Å². The molecule has 2 N–H and O–H groups in total. The van der Waals surface area contributed by atoms with Crippen molar-refractivity contribution < 1.29 is 14.3 Å². The van der Waals surface area contributed by atoms with E-state index in [2.05, 4.69) is 26.2 Å². The lowest BCUT2D eigenvalue weighted by molar-refractivity contribution is 0.0697. The van der Waals surface area contributed by atoms with Gasteiger partial charge in [0.1, 0.15) is 22.4 Å². The smallest absolute Gasteiger partial charge is 0.339 e. The minimum atomic E-state index is -1.18. The van der Waals surface area contributed by atoms with E-state index in [-0.39, 0.29) is 22.2 Å². The Morgan fingerprint density at radius 3 is 2.74 bits per heavy atom. The number of hydrogen-bond acceptors (Lipinski definition) is 3. The summed E-state index contributed by atoms with van der Waals surface area (Å²) in [7, 11) is 0. The van der Waals surface area contributed by atoms with Crippen LogP contribution in [0, 0.1) is 5.82 Å². The maximum Gasteiger partial charge on any atom is 0.339 e. The number of para-hydroxylation sites is 1. The molecule has 0 fully saturated rings. The minimum Gasteiger partial charge on any atom is -0.478 e. The van der Waals surface area contributed by atoms with Crippen molar-refractivity contribution in [1.29, 1.82) is 0 Å². The standard InChI is InChI=1S/C12H7BrClFN2O2/c13-7-2-1-3-8(15)10(7)17-11-6(12(18)19)4-5-9(14)16-11/h1-5H,(H,16,17)(H,18,19). The van der Waals surface area contributed by atoms with Gasteiger partial charge < -0.3 is 10.4 Å². The number of anilines is 2. The van der Waals surface area contributed by atoms with Crippen LogP contribution in [0.5, 0.6) is 0 Å². The van der Waals surface area contributed by atoms with Crippen molar-refractivity contribution in [2.45, 2.75) is 0 Å². The minimum absolute atomic E-state index is 0.0224. The first-order valence-corrected chi connectivity index (χ1v) is 6.27. The molecule has 1 aromatic carbocycles. The summed E-state index contributed by atoms with van der Waals surface area (Å²) in [5, 5.41) is 11.8. The Balaban J connectivity index is 2.49. The molecule has 0 saturated heterocycles. The third-order valence-electron chi connectivity index (χ3n) is 2.30. The van der Waals surface area contributed by atoms with Gasteiger partial charge in [0.25, 0.3) is 0 Å². The van der Waals surface area contributed by atoms with Crippen LogP contribution in [0.4, 0.5) is 15.9 Å². The van der Waals surface area contributed by atoms with Crippen LogP contribution < -0.4 is 5.32 Å². The molecule has 0 aliphatic heterocycles. The predicted molar refractivity (Wildman–Crippen MR) is 73.6 cm³/mol. The Morgan fingerprint density at radius 2 is 2.11 bits per heavy atom. The quantitative estimate of drug-likeness (QED) is 0.823. The number of hydrogen-bond donors (Lipinski definition) is 2. The normalized spacial score (nSPS) is 10.3. The van der Waals surface area contributed by atoms with E-state index < -0.39 is 11.8 Å². The maximum atomic E-state index is 13.7. The zero-order valence-electron chi connectivity index (χ0n) is 9.32. The van der Waals surface area contributed by atoms with Crippen LogP contribution in [-0.2, 0) is 0 Å². The second-order valence-corrected chi connectivity index (χ2v) is 4.80. The highest BCUT2D eigenvalue weighted by molar-refractivity contribution is 9.10. The molecule has 7 heteroatoms. The van der Waals surface area contributed by atoms with Gasteiger partial charge in [-0.25, -0.2) is 14.2 Å². The molecule has 0 atom stereocenters. The van der Waals surface area contributed by atoms with Crippen molar-refractivity contribution in [3.63, 3.8) is 0 Å². The van der Waals surface area contributed by atoms with Gasteiger partial charge in [-0.05, 0) is 40.2 Å². The lowest BCUT2D eigenvalue weighted by Crippen LogP contribution is -2.06. The second-order valence-electron chi connectivity index (χ2n) is 3.56. The van der Waals surface area contributed by atoms with Gasteiger partial charge >= 0.3 is 5.97 Å². The van der Waals surface area contributed by atoms with Crippen LogP contribution in [0.3, 0.4) is 0 Å². The van der Waals surface area contributed by atoms with E-state index in [4.69, 9.17) is 16.7 Å². The number of aromatic nitrogens is 1. The Bertz CT molecular complexity index is 631. The average molecular weight is 346 g/mol. The highest BCUT2D eigenvalue weighted by Gasteiger charge is 2.15. The van der Waals surface area contributed by atoms with Crippen molar-refractivity contribution in [3.05, 3.63) is 51.3 Å². The molecular weight excluding hydrogens is 338 g/mol. The van der Waals surface area contributed by atoms with E-state index in [9.17, 15) is 9.18 Å². The fourth-order valence-corrected chi connectivity index (χ4v) is 2.03. The number of nitrogens with one attached hydrogen (secondary N) is 1. The molecule has 4 nitrogen and oxygen atoms in total. The Labute approximate surface area is 121 Å². The van der Waals surface area contributed by atoms with E-state index in [1.165, 1.54) is 24.3 Å². The lowest BCUT2D eigenvalue weighted by atomic mass is 10.2. The highest BCUT2D eigenvalue weighted by Crippen LogP contribution is 2.29. The highest BCUT2D eigenvalue weighted by atomic mass is 79.9. The van der Waals surface area contributed by atoms with Gasteiger partial charge in [-0.1, -0.05) is 17.7 Å². The summed E-state index contributed by atoms with van der Waals surface area (Å²) in [6.07, 6.45) is 0. The van der Waals surface area contributed by atoms with Gasteiger partial charge in [0.2, 0.25) is 0 Å². The Kier molecular flexibility index (Phi) is 4.01. The molecule has 0 aliphatic carbocycles. The first-order valence-electron chi connectivity index (χ1n) is 5.10. The first-order chi connectivity index (χ1) is 8.99. The molecule has 2 rings (SSSR count). The van der Waals surface area contributed by atoms with Gasteiger partial charge in [0, 0.05) is 4.47 Å². The zero-order valence-corrected chi connectivity index (χ0v) is 11.7. The van der Waals surface area contributed by atoms with Crippen LogP contribution in [0.1, 0.15) is 10.4 Å². The molecule has 0 unspecified atom stereocenters. The van der Waals surface area contributed by atoms with Crippen LogP contribution in [0.2, 0.25) is 5.15 Å². The third kappa shape index (κ3) is 3.02. The van der Waals surface area contributed by atoms with Crippen molar-refractivity contribution in [3.8, 4) is 0 Å². The van der Waals surface area contributed by atoms with Gasteiger partial charge in [0.15, 0.2) is 0 Å². The largest absolute Gasteiger partial charge is 0.478 e. The maximum absolute atomic E-state index is 13.7. The number of carboxylic acid groups (broad SMARTS) is 1. The second kappa shape index (κ2) is 5.54. The summed E-state index contributed by atoms with van der Waals surface area (Å²) in [6, 6.07) is 7.05. The molecule has 2 aromatic rings. The van der Waals surface area contributed by atoms with Gasteiger partial charge in [-0.2, -0.15) is 0 Å². The number of halogens is 3. The van der Waals surface area contributed by atoms with Crippen molar-refractivity contribution in [1.82, 2.24) is 4.98 Å². The molecule has 1 aromatic heterocycles. The fourth-order valence-electron chi connectivity index (χ4n) is 1.44. The SMILES string of the molecule is O=C(O)c1ccc(Cl)nc1Nc1c(F)cccc1Br. The molecule has 98 valence electrons. The van der Waals surface area contributed by atoms with Crippen LogP contribution in [0.15, 0.2) is 34.8 Å². The zero-order chi connectivity index (χ0) is 14.0. The van der Waals surface area contributed by atoms with Gasteiger partial charge in [-0.15, -0.1) is 0 Å². The number of carboxylic acids is 1. The molecule has 0 amide bonds. The number of nitrogens with zero attached hydrogens (tertiary/aromatic N) is 1. The topological polar surface area (TPSA) is 62.2 Å². The van der Waals surface area contributed by atoms with Crippen molar-refractivity contribution in [2.24, 2.45) is 0 Å². The lowest BCUT2D eigenvalue weighted by Gasteiger charge is -2.11. The summed E-state index contributed by atoms with van der Waals surface area (Å²) in [5.74, 6) is -1.74. The summed E-state index contributed by atoms with van der Waals surface area (Å²) >= 11 is 8.89. The summed E-state index contributed by atoms with van der Waals surface area (Å²) < 4.78 is 14.1.